The predicted molar refractivity (Wildman–Crippen MR) is 122 cm³/mol. The first-order valence-corrected chi connectivity index (χ1v) is 13.1. The Bertz CT molecular complexity index is 974. The van der Waals surface area contributed by atoms with Crippen LogP contribution < -0.4 is 0 Å². The van der Waals surface area contributed by atoms with E-state index in [0.717, 1.165) is 45.2 Å². The first kappa shape index (κ1) is 22.6. The highest BCUT2D eigenvalue weighted by atomic mass is 16.6. The van der Waals surface area contributed by atoms with E-state index in [0.29, 0.717) is 24.3 Å². The topological polar surface area (TPSA) is 82.1 Å². The summed E-state index contributed by atoms with van der Waals surface area (Å²) in [5.41, 5.74) is 2.15. The minimum atomic E-state index is -0.505. The van der Waals surface area contributed by atoms with Crippen molar-refractivity contribution in [2.45, 2.75) is 71.4 Å². The Morgan fingerprint density at radius 3 is 2.56 bits per heavy atom. The smallest absolute Gasteiger partial charge is 0.309 e. The van der Waals surface area contributed by atoms with Crippen LogP contribution in [0.1, 0.15) is 59.3 Å². The molecule has 0 N–H and O–H groups in total. The molecule has 1 spiro atoms. The van der Waals surface area contributed by atoms with Crippen molar-refractivity contribution in [1.29, 1.82) is 0 Å². The molecule has 2 saturated heterocycles. The van der Waals surface area contributed by atoms with E-state index in [1.54, 1.807) is 0 Å². The molecule has 2 saturated carbocycles. The second-order valence-corrected chi connectivity index (χ2v) is 11.9. The van der Waals surface area contributed by atoms with Gasteiger partial charge >= 0.3 is 17.9 Å². The lowest BCUT2D eigenvalue weighted by atomic mass is 9.42. The van der Waals surface area contributed by atoms with E-state index in [4.69, 9.17) is 14.2 Å². The Balaban J connectivity index is 1.62. The highest BCUT2D eigenvalue weighted by molar-refractivity contribution is 5.75. The summed E-state index contributed by atoms with van der Waals surface area (Å²) in [5, 5.41) is 0. The third kappa shape index (κ3) is 2.65. The lowest BCUT2D eigenvalue weighted by Gasteiger charge is -2.67. The van der Waals surface area contributed by atoms with Crippen LogP contribution in [0.2, 0.25) is 0 Å². The van der Waals surface area contributed by atoms with E-state index in [9.17, 15) is 14.4 Å². The van der Waals surface area contributed by atoms with Gasteiger partial charge in [-0.15, -0.1) is 0 Å². The van der Waals surface area contributed by atoms with Crippen LogP contribution in [-0.4, -0.2) is 61.8 Å². The summed E-state index contributed by atoms with van der Waals surface area (Å²) < 4.78 is 17.5. The second-order valence-electron chi connectivity index (χ2n) is 11.9. The van der Waals surface area contributed by atoms with Crippen molar-refractivity contribution in [3.8, 4) is 0 Å². The third-order valence-electron chi connectivity index (χ3n) is 10.8. The maximum Gasteiger partial charge on any atom is 0.309 e. The van der Waals surface area contributed by atoms with Crippen molar-refractivity contribution in [3.05, 3.63) is 11.1 Å². The molecule has 0 aromatic carbocycles. The molecule has 0 radical (unpaired) electrons. The molecule has 6 rings (SSSR count). The number of ether oxygens (including phenoxy) is 3. The number of carbonyl (C=O) groups is 3. The molecule has 7 nitrogen and oxygen atoms in total. The van der Waals surface area contributed by atoms with Crippen molar-refractivity contribution in [1.82, 2.24) is 4.90 Å². The molecular formula is C27H37NO6. The normalized spacial score (nSPS) is 46.1. The first-order valence-electron chi connectivity index (χ1n) is 13.1. The van der Waals surface area contributed by atoms with Gasteiger partial charge in [0.15, 0.2) is 0 Å². The molecule has 4 aliphatic carbocycles. The van der Waals surface area contributed by atoms with E-state index in [1.165, 1.54) is 32.1 Å². The van der Waals surface area contributed by atoms with Gasteiger partial charge in [-0.3, -0.25) is 19.3 Å². The highest BCUT2D eigenvalue weighted by Crippen LogP contribution is 2.77. The SMILES string of the molecule is COC(=O)C1CC23C4=C(CCC41)CCC1CN4CC(C)C(CC(OC(C)=O)C12COC(C)=O)C43. The molecule has 6 aliphatic rings. The number of piperidine rings is 1. The molecule has 4 bridgehead atoms. The van der Waals surface area contributed by atoms with Gasteiger partial charge in [-0.2, -0.15) is 0 Å². The van der Waals surface area contributed by atoms with Crippen molar-refractivity contribution < 1.29 is 28.6 Å². The fraction of sp³-hybridized carbons (Fsp3) is 0.815. The summed E-state index contributed by atoms with van der Waals surface area (Å²) in [6, 6.07) is 0.291. The van der Waals surface area contributed by atoms with E-state index in [-0.39, 0.29) is 53.8 Å². The Hall–Kier alpha value is -1.89. The van der Waals surface area contributed by atoms with Gasteiger partial charge in [-0.1, -0.05) is 18.1 Å². The summed E-state index contributed by atoms with van der Waals surface area (Å²) in [5.74, 6) is 0.432. The summed E-state index contributed by atoms with van der Waals surface area (Å²) in [4.78, 5) is 40.5. The fourth-order valence-corrected chi connectivity index (χ4v) is 10.0. The predicted octanol–water partition coefficient (Wildman–Crippen LogP) is 3.12. The van der Waals surface area contributed by atoms with Crippen molar-refractivity contribution in [2.75, 3.05) is 26.8 Å². The maximum atomic E-state index is 13.2. The minimum absolute atomic E-state index is 0.122. The summed E-state index contributed by atoms with van der Waals surface area (Å²) in [6.07, 6.45) is 5.27. The monoisotopic (exact) mass is 471 g/mol. The van der Waals surface area contributed by atoms with E-state index < -0.39 is 5.41 Å². The summed E-state index contributed by atoms with van der Waals surface area (Å²) in [7, 11) is 1.49. The molecular weight excluding hydrogens is 434 g/mol. The van der Waals surface area contributed by atoms with Crippen molar-refractivity contribution in [3.63, 3.8) is 0 Å². The van der Waals surface area contributed by atoms with Crippen LogP contribution in [0.3, 0.4) is 0 Å². The van der Waals surface area contributed by atoms with Crippen LogP contribution in [-0.2, 0) is 28.6 Å². The Morgan fingerprint density at radius 1 is 1.09 bits per heavy atom. The minimum Gasteiger partial charge on any atom is -0.469 e. The molecule has 7 heteroatoms. The number of carbonyl (C=O) groups excluding carboxylic acids is 3. The van der Waals surface area contributed by atoms with Crippen LogP contribution in [0.15, 0.2) is 11.1 Å². The average Bonchev–Trinajstić information content (AvgIpc) is 3.42. The molecule has 0 aromatic heterocycles. The Labute approximate surface area is 201 Å². The number of nitrogens with zero attached hydrogens (tertiary/aromatic N) is 1. The van der Waals surface area contributed by atoms with Gasteiger partial charge < -0.3 is 14.2 Å². The van der Waals surface area contributed by atoms with Crippen LogP contribution in [0.25, 0.3) is 0 Å². The molecule has 186 valence electrons. The molecule has 0 aromatic rings. The standard InChI is InChI=1S/C27H37NO6/c1-14-11-28-12-18-7-5-17-6-8-19-21(25(31)32-4)10-26(23(17)19)24(28)20(14)9-22(34-16(3)30)27(18,26)13-33-15(2)29/h14,18-22,24H,5-13H2,1-4H3. The average molecular weight is 472 g/mol. The van der Waals surface area contributed by atoms with Crippen LogP contribution in [0.4, 0.5) is 0 Å². The number of hydrogen-bond donors (Lipinski definition) is 0. The highest BCUT2D eigenvalue weighted by Gasteiger charge is 2.79. The van der Waals surface area contributed by atoms with Gasteiger partial charge in [0.1, 0.15) is 12.7 Å². The first-order chi connectivity index (χ1) is 16.2. The van der Waals surface area contributed by atoms with Gasteiger partial charge in [-0.25, -0.2) is 0 Å². The zero-order chi connectivity index (χ0) is 24.0. The van der Waals surface area contributed by atoms with E-state index in [2.05, 4.69) is 11.8 Å². The Morgan fingerprint density at radius 2 is 1.85 bits per heavy atom. The lowest BCUT2D eigenvalue weighted by molar-refractivity contribution is -0.239. The summed E-state index contributed by atoms with van der Waals surface area (Å²) in [6.45, 7) is 7.53. The van der Waals surface area contributed by atoms with Crippen LogP contribution >= 0.6 is 0 Å². The number of rotatable bonds is 4. The zero-order valence-electron chi connectivity index (χ0n) is 20.8. The number of hydrogen-bond acceptors (Lipinski definition) is 7. The molecule has 9 unspecified atom stereocenters. The second kappa shape index (κ2) is 7.55. The number of methoxy groups -OCH3 is 1. The van der Waals surface area contributed by atoms with Gasteiger partial charge in [-0.05, 0) is 62.2 Å². The van der Waals surface area contributed by atoms with Gasteiger partial charge in [0.05, 0.1) is 18.4 Å². The lowest BCUT2D eigenvalue weighted by Crippen LogP contribution is -2.73. The molecule has 0 amide bonds. The quantitative estimate of drug-likeness (QED) is 0.354. The van der Waals surface area contributed by atoms with Gasteiger partial charge in [0.2, 0.25) is 0 Å². The molecule has 2 heterocycles. The van der Waals surface area contributed by atoms with Crippen LogP contribution in [0.5, 0.6) is 0 Å². The molecule has 9 atom stereocenters. The summed E-state index contributed by atoms with van der Waals surface area (Å²) >= 11 is 0. The molecule has 4 fully saturated rings. The number of esters is 3. The number of allylic oxidation sites excluding steroid dienone is 1. The Kier molecular flexibility index (Phi) is 5.01. The molecule has 2 aliphatic heterocycles. The van der Waals surface area contributed by atoms with Crippen molar-refractivity contribution in [2.24, 2.45) is 40.4 Å². The molecule has 34 heavy (non-hydrogen) atoms. The van der Waals surface area contributed by atoms with Crippen molar-refractivity contribution >= 4 is 17.9 Å². The third-order valence-corrected chi connectivity index (χ3v) is 10.8. The van der Waals surface area contributed by atoms with Gasteiger partial charge in [0.25, 0.3) is 0 Å². The largest absolute Gasteiger partial charge is 0.469 e. The van der Waals surface area contributed by atoms with Gasteiger partial charge in [0, 0.05) is 38.4 Å². The van der Waals surface area contributed by atoms with E-state index in [1.807, 2.05) is 0 Å². The van der Waals surface area contributed by atoms with Crippen LogP contribution in [0, 0.1) is 40.4 Å². The fourth-order valence-electron chi connectivity index (χ4n) is 10.0. The maximum absolute atomic E-state index is 13.2. The van der Waals surface area contributed by atoms with E-state index >= 15 is 0 Å². The zero-order valence-corrected chi connectivity index (χ0v) is 20.8.